The predicted molar refractivity (Wildman–Crippen MR) is 136 cm³/mol. The Hall–Kier alpha value is -4.59. The lowest BCUT2D eigenvalue weighted by atomic mass is 9.99. The molecule has 4 heterocycles. The molecule has 36 heavy (non-hydrogen) atoms. The van der Waals surface area contributed by atoms with Crippen molar-refractivity contribution < 1.29 is 18.7 Å². The van der Waals surface area contributed by atoms with E-state index >= 15 is 4.39 Å². The van der Waals surface area contributed by atoms with E-state index in [-0.39, 0.29) is 18.1 Å². The summed E-state index contributed by atoms with van der Waals surface area (Å²) < 4.78 is 25.4. The van der Waals surface area contributed by atoms with Crippen LogP contribution in [0.2, 0.25) is 0 Å². The fraction of sp³-hybridized carbons (Fsp3) is 0.143. The monoisotopic (exact) mass is 482 g/mol. The van der Waals surface area contributed by atoms with Crippen LogP contribution in [0.4, 0.5) is 10.1 Å². The molecule has 0 aliphatic carbocycles. The first-order valence-electron chi connectivity index (χ1n) is 11.3. The number of anilines is 1. The van der Waals surface area contributed by atoms with Crippen LogP contribution in [0.3, 0.4) is 0 Å². The molecule has 3 aromatic heterocycles. The van der Waals surface area contributed by atoms with Crippen LogP contribution in [0.1, 0.15) is 23.7 Å². The molecule has 1 aromatic carbocycles. The van der Waals surface area contributed by atoms with Gasteiger partial charge < -0.3 is 14.4 Å². The molecule has 0 bridgehead atoms. The van der Waals surface area contributed by atoms with Gasteiger partial charge in [-0.15, -0.1) is 0 Å². The number of amides is 1. The van der Waals surface area contributed by atoms with Gasteiger partial charge >= 0.3 is 0 Å². The minimum absolute atomic E-state index is 0.161. The van der Waals surface area contributed by atoms with Crippen LogP contribution in [0.15, 0.2) is 60.9 Å². The van der Waals surface area contributed by atoms with Crippen molar-refractivity contribution in [1.29, 1.82) is 0 Å². The second-order valence-corrected chi connectivity index (χ2v) is 8.25. The first-order valence-corrected chi connectivity index (χ1v) is 11.3. The number of aromatic nitrogens is 3. The maximum absolute atomic E-state index is 15.2. The molecular weight excluding hydrogens is 459 g/mol. The average molecular weight is 483 g/mol. The van der Waals surface area contributed by atoms with E-state index in [0.29, 0.717) is 28.6 Å². The summed E-state index contributed by atoms with van der Waals surface area (Å²) in [4.78, 5) is 27.4. The zero-order valence-electron chi connectivity index (χ0n) is 20.0. The smallest absolute Gasteiger partial charge is 0.224 e. The topological polar surface area (TPSA) is 77.4 Å². The number of halogens is 1. The molecule has 180 valence electrons. The molecule has 4 aromatic rings. The quantitative estimate of drug-likeness (QED) is 0.388. The third-order valence-corrected chi connectivity index (χ3v) is 6.04. The van der Waals surface area contributed by atoms with E-state index < -0.39 is 5.82 Å². The van der Waals surface area contributed by atoms with Gasteiger partial charge in [0.1, 0.15) is 11.5 Å². The Kier molecular flexibility index (Phi) is 6.16. The van der Waals surface area contributed by atoms with Gasteiger partial charge in [-0.3, -0.25) is 4.79 Å². The number of fused-ring (bicyclic) bond motifs is 2. The number of methoxy groups -OCH3 is 2. The Morgan fingerprint density at radius 3 is 2.17 bits per heavy atom. The van der Waals surface area contributed by atoms with Crippen molar-refractivity contribution in [3.8, 4) is 34.1 Å². The molecule has 1 aliphatic heterocycles. The first-order chi connectivity index (χ1) is 17.5. The molecule has 7 nitrogen and oxygen atoms in total. The van der Waals surface area contributed by atoms with Crippen molar-refractivity contribution in [2.45, 2.75) is 13.5 Å². The van der Waals surface area contributed by atoms with Gasteiger partial charge in [-0.1, -0.05) is 18.2 Å². The number of benzene rings is 1. The lowest BCUT2D eigenvalue weighted by Gasteiger charge is -2.26. The highest BCUT2D eigenvalue weighted by Gasteiger charge is 2.22. The number of hydrogen-bond acceptors (Lipinski definition) is 6. The molecule has 8 heteroatoms. The summed E-state index contributed by atoms with van der Waals surface area (Å²) in [5.41, 5.74) is 5.27. The minimum Gasteiger partial charge on any atom is -0.481 e. The standard InChI is InChI=1S/C28H23FN4O3/c1-17(34)33-16-22-12-23(29)28(21-8-11-27(36-3)31-15-21)32-24(22)9-6-18-4-5-19(13-25(18)33)20-7-10-26(35-2)30-14-20/h4-15H,16H2,1-3H3. The molecule has 0 saturated heterocycles. The van der Waals surface area contributed by atoms with Crippen molar-refractivity contribution in [2.24, 2.45) is 0 Å². The number of carbonyl (C=O) groups is 1. The van der Waals surface area contributed by atoms with Gasteiger partial charge in [0.2, 0.25) is 17.7 Å². The molecule has 0 atom stereocenters. The third-order valence-electron chi connectivity index (χ3n) is 6.04. The Bertz CT molecular complexity index is 1470. The summed E-state index contributed by atoms with van der Waals surface area (Å²) in [7, 11) is 3.09. The number of hydrogen-bond donors (Lipinski definition) is 0. The van der Waals surface area contributed by atoms with Crippen LogP contribution >= 0.6 is 0 Å². The van der Waals surface area contributed by atoms with Crippen LogP contribution in [0.5, 0.6) is 11.8 Å². The molecule has 5 rings (SSSR count). The maximum Gasteiger partial charge on any atom is 0.224 e. The Morgan fingerprint density at radius 2 is 1.56 bits per heavy atom. The highest BCUT2D eigenvalue weighted by Crippen LogP contribution is 2.34. The van der Waals surface area contributed by atoms with E-state index in [1.54, 1.807) is 36.4 Å². The number of carbonyl (C=O) groups excluding carboxylic acids is 1. The number of nitrogens with zero attached hydrogens (tertiary/aromatic N) is 4. The lowest BCUT2D eigenvalue weighted by molar-refractivity contribution is -0.116. The van der Waals surface area contributed by atoms with Crippen molar-refractivity contribution in [3.05, 3.63) is 83.6 Å². The first kappa shape index (κ1) is 23.2. The average Bonchev–Trinajstić information content (AvgIpc) is 2.90. The van der Waals surface area contributed by atoms with Crippen LogP contribution in [0, 0.1) is 5.82 Å². The molecule has 0 N–H and O–H groups in total. The normalized spacial score (nSPS) is 12.3. The second kappa shape index (κ2) is 9.58. The van der Waals surface area contributed by atoms with Crippen LogP contribution in [-0.4, -0.2) is 35.1 Å². The Balaban J connectivity index is 1.57. The van der Waals surface area contributed by atoms with Crippen molar-refractivity contribution in [1.82, 2.24) is 15.0 Å². The second-order valence-electron chi connectivity index (χ2n) is 8.25. The zero-order valence-corrected chi connectivity index (χ0v) is 20.0. The van der Waals surface area contributed by atoms with E-state index in [0.717, 1.165) is 22.4 Å². The molecule has 0 fully saturated rings. The highest BCUT2D eigenvalue weighted by atomic mass is 19.1. The fourth-order valence-corrected chi connectivity index (χ4v) is 4.13. The molecule has 1 amide bonds. The summed E-state index contributed by atoms with van der Waals surface area (Å²) in [6, 6.07) is 14.4. The Morgan fingerprint density at radius 1 is 0.889 bits per heavy atom. The van der Waals surface area contributed by atoms with E-state index in [1.807, 2.05) is 36.4 Å². The molecule has 0 radical (unpaired) electrons. The maximum atomic E-state index is 15.2. The van der Waals surface area contributed by atoms with Crippen LogP contribution < -0.4 is 14.4 Å². The van der Waals surface area contributed by atoms with Crippen molar-refractivity contribution >= 4 is 23.7 Å². The van der Waals surface area contributed by atoms with Gasteiger partial charge in [0.15, 0.2) is 0 Å². The Labute approximate surface area is 207 Å². The highest BCUT2D eigenvalue weighted by molar-refractivity contribution is 5.96. The van der Waals surface area contributed by atoms with Crippen molar-refractivity contribution in [2.75, 3.05) is 19.1 Å². The summed E-state index contributed by atoms with van der Waals surface area (Å²) >= 11 is 0. The number of ether oxygens (including phenoxy) is 2. The number of rotatable bonds is 4. The van der Waals surface area contributed by atoms with Crippen LogP contribution in [-0.2, 0) is 11.3 Å². The molecule has 0 spiro atoms. The SMILES string of the molecule is COc1ccc(-c2ccc3c(c2)N(C(C)=O)Cc2cc(F)c(-c4ccc(OC)nc4)nc2C=C3)cn1. The van der Waals surface area contributed by atoms with E-state index in [2.05, 4.69) is 15.0 Å². The van der Waals surface area contributed by atoms with Gasteiger partial charge in [0.05, 0.1) is 32.1 Å². The fourth-order valence-electron chi connectivity index (χ4n) is 4.13. The molecular formula is C28H23FN4O3. The minimum atomic E-state index is -0.489. The van der Waals surface area contributed by atoms with Gasteiger partial charge in [-0.25, -0.2) is 19.3 Å². The zero-order chi connectivity index (χ0) is 25.2. The largest absolute Gasteiger partial charge is 0.481 e. The summed E-state index contributed by atoms with van der Waals surface area (Å²) in [5, 5.41) is 0. The van der Waals surface area contributed by atoms with E-state index in [1.165, 1.54) is 26.3 Å². The lowest BCUT2D eigenvalue weighted by Crippen LogP contribution is -2.29. The van der Waals surface area contributed by atoms with Gasteiger partial charge in [0, 0.05) is 48.1 Å². The molecule has 0 unspecified atom stereocenters. The summed E-state index contributed by atoms with van der Waals surface area (Å²) in [6.07, 6.45) is 6.98. The molecule has 1 aliphatic rings. The van der Waals surface area contributed by atoms with Crippen LogP contribution in [0.25, 0.3) is 34.5 Å². The van der Waals surface area contributed by atoms with Gasteiger partial charge in [-0.05, 0) is 41.5 Å². The molecule has 0 saturated carbocycles. The van der Waals surface area contributed by atoms with E-state index in [4.69, 9.17) is 9.47 Å². The third kappa shape index (κ3) is 4.40. The summed E-state index contributed by atoms with van der Waals surface area (Å²) in [5.74, 6) is 0.306. The summed E-state index contributed by atoms with van der Waals surface area (Å²) in [6.45, 7) is 1.68. The van der Waals surface area contributed by atoms with E-state index in [9.17, 15) is 4.79 Å². The number of pyridine rings is 3. The van der Waals surface area contributed by atoms with Crippen molar-refractivity contribution in [3.63, 3.8) is 0 Å². The predicted octanol–water partition coefficient (Wildman–Crippen LogP) is 5.40. The van der Waals surface area contributed by atoms with Gasteiger partial charge in [0.25, 0.3) is 0 Å². The van der Waals surface area contributed by atoms with Gasteiger partial charge in [-0.2, -0.15) is 0 Å².